The van der Waals surface area contributed by atoms with Gasteiger partial charge in [-0.1, -0.05) is 18.2 Å². The Morgan fingerprint density at radius 1 is 1.13 bits per heavy atom. The van der Waals surface area contributed by atoms with Gasteiger partial charge in [-0.25, -0.2) is 0 Å². The maximum atomic E-state index is 12.9. The molecule has 1 aliphatic heterocycles. The van der Waals surface area contributed by atoms with Crippen LogP contribution in [0.3, 0.4) is 0 Å². The highest BCUT2D eigenvalue weighted by molar-refractivity contribution is 5.93. The molecule has 1 fully saturated rings. The first kappa shape index (κ1) is 21.1. The number of amides is 1. The highest BCUT2D eigenvalue weighted by Crippen LogP contribution is 2.26. The zero-order valence-electron chi connectivity index (χ0n) is 18.2. The monoisotopic (exact) mass is 420 g/mol. The minimum Gasteiger partial charge on any atom is -0.497 e. The van der Waals surface area contributed by atoms with Crippen LogP contribution in [0.1, 0.15) is 46.1 Å². The van der Waals surface area contributed by atoms with Gasteiger partial charge in [0, 0.05) is 12.6 Å². The van der Waals surface area contributed by atoms with E-state index in [9.17, 15) is 9.59 Å². The molecular weight excluding hydrogens is 392 g/mol. The number of hydrogen-bond acceptors (Lipinski definition) is 5. The van der Waals surface area contributed by atoms with Gasteiger partial charge in [-0.05, 0) is 74.7 Å². The summed E-state index contributed by atoms with van der Waals surface area (Å²) in [6.45, 7) is 6.24. The van der Waals surface area contributed by atoms with Crippen molar-refractivity contribution in [1.82, 2.24) is 10.2 Å². The largest absolute Gasteiger partial charge is 0.497 e. The summed E-state index contributed by atoms with van der Waals surface area (Å²) in [6.07, 6.45) is 2.30. The molecule has 4 rings (SSSR count). The van der Waals surface area contributed by atoms with Crippen LogP contribution in [0, 0.1) is 13.8 Å². The van der Waals surface area contributed by atoms with Crippen LogP contribution in [-0.4, -0.2) is 37.6 Å². The highest BCUT2D eigenvalue weighted by Gasteiger charge is 2.25. The smallest absolute Gasteiger partial charge is 0.287 e. The van der Waals surface area contributed by atoms with Gasteiger partial charge < -0.3 is 14.5 Å². The fourth-order valence-corrected chi connectivity index (χ4v) is 4.33. The lowest BCUT2D eigenvalue weighted by Gasteiger charge is -2.28. The van der Waals surface area contributed by atoms with Gasteiger partial charge in [-0.2, -0.15) is 0 Å². The SMILES string of the molecule is COc1ccc(C(CNC(=O)c2cc(=O)c3cc(C)cc(C)c3o2)N2CCCC2)cc1. The molecule has 0 spiro atoms. The summed E-state index contributed by atoms with van der Waals surface area (Å²) in [6, 6.07) is 13.0. The van der Waals surface area contributed by atoms with Crippen molar-refractivity contribution >= 4 is 16.9 Å². The second kappa shape index (κ2) is 8.94. The number of fused-ring (bicyclic) bond motifs is 1. The topological polar surface area (TPSA) is 71.8 Å². The van der Waals surface area contributed by atoms with E-state index in [2.05, 4.69) is 10.2 Å². The molecule has 1 saturated heterocycles. The summed E-state index contributed by atoms with van der Waals surface area (Å²) in [5.41, 5.74) is 3.21. The third-order valence-corrected chi connectivity index (χ3v) is 5.92. The fourth-order valence-electron chi connectivity index (χ4n) is 4.33. The van der Waals surface area contributed by atoms with Gasteiger partial charge in [-0.3, -0.25) is 14.5 Å². The number of nitrogens with zero attached hydrogens (tertiary/aromatic N) is 1. The van der Waals surface area contributed by atoms with Crippen molar-refractivity contribution in [2.24, 2.45) is 0 Å². The van der Waals surface area contributed by atoms with E-state index in [-0.39, 0.29) is 23.1 Å². The van der Waals surface area contributed by atoms with Gasteiger partial charge in [-0.15, -0.1) is 0 Å². The van der Waals surface area contributed by atoms with E-state index in [1.165, 1.54) is 6.07 Å². The molecule has 0 bridgehead atoms. The summed E-state index contributed by atoms with van der Waals surface area (Å²) in [5.74, 6) is 0.465. The molecule has 6 nitrogen and oxygen atoms in total. The van der Waals surface area contributed by atoms with Crippen molar-refractivity contribution in [1.29, 1.82) is 0 Å². The third kappa shape index (κ3) is 4.49. The van der Waals surface area contributed by atoms with Crippen molar-refractivity contribution in [3.05, 3.63) is 75.1 Å². The van der Waals surface area contributed by atoms with E-state index in [0.29, 0.717) is 17.5 Å². The molecule has 1 amide bonds. The number of rotatable bonds is 6. The predicted molar refractivity (Wildman–Crippen MR) is 121 cm³/mol. The number of likely N-dealkylation sites (tertiary alicyclic amines) is 1. The van der Waals surface area contributed by atoms with E-state index < -0.39 is 0 Å². The minimum absolute atomic E-state index is 0.0411. The van der Waals surface area contributed by atoms with Crippen LogP contribution in [0.15, 0.2) is 51.7 Å². The Hall–Kier alpha value is -3.12. The number of carbonyl (C=O) groups excluding carboxylic acids is 1. The molecule has 6 heteroatoms. The molecule has 1 unspecified atom stereocenters. The Labute approximate surface area is 181 Å². The molecule has 162 valence electrons. The quantitative estimate of drug-likeness (QED) is 0.653. The molecule has 1 atom stereocenters. The fraction of sp³-hybridized carbons (Fsp3) is 0.360. The highest BCUT2D eigenvalue weighted by atomic mass is 16.5. The minimum atomic E-state index is -0.378. The Morgan fingerprint density at radius 3 is 2.52 bits per heavy atom. The van der Waals surface area contributed by atoms with E-state index in [0.717, 1.165) is 48.4 Å². The zero-order valence-corrected chi connectivity index (χ0v) is 18.2. The summed E-state index contributed by atoms with van der Waals surface area (Å²) < 4.78 is 11.1. The molecule has 0 aliphatic carbocycles. The van der Waals surface area contributed by atoms with Crippen molar-refractivity contribution in [2.45, 2.75) is 32.7 Å². The average Bonchev–Trinajstić information content (AvgIpc) is 3.29. The summed E-state index contributed by atoms with van der Waals surface area (Å²) >= 11 is 0. The third-order valence-electron chi connectivity index (χ3n) is 5.92. The van der Waals surface area contributed by atoms with Crippen LogP contribution in [0.4, 0.5) is 0 Å². The van der Waals surface area contributed by atoms with E-state index in [4.69, 9.17) is 9.15 Å². The van der Waals surface area contributed by atoms with E-state index >= 15 is 0 Å². The van der Waals surface area contributed by atoms with Crippen LogP contribution in [0.2, 0.25) is 0 Å². The number of hydrogen-bond donors (Lipinski definition) is 1. The second-order valence-electron chi connectivity index (χ2n) is 8.18. The summed E-state index contributed by atoms with van der Waals surface area (Å²) in [7, 11) is 1.65. The standard InChI is InChI=1S/C25H28N2O4/c1-16-12-17(2)24-20(13-16)22(28)14-23(31-24)25(29)26-15-21(27-10-4-5-11-27)18-6-8-19(30-3)9-7-18/h6-9,12-14,21H,4-5,10-11,15H2,1-3H3,(H,26,29). The van der Waals surface area contributed by atoms with Crippen LogP contribution < -0.4 is 15.5 Å². The van der Waals surface area contributed by atoms with Crippen LogP contribution in [0.5, 0.6) is 5.75 Å². The number of benzene rings is 2. The Morgan fingerprint density at radius 2 is 1.84 bits per heavy atom. The lowest BCUT2D eigenvalue weighted by Crippen LogP contribution is -2.37. The second-order valence-corrected chi connectivity index (χ2v) is 8.18. The van der Waals surface area contributed by atoms with Gasteiger partial charge >= 0.3 is 0 Å². The van der Waals surface area contributed by atoms with Crippen LogP contribution >= 0.6 is 0 Å². The van der Waals surface area contributed by atoms with E-state index in [1.54, 1.807) is 13.2 Å². The summed E-state index contributed by atoms with van der Waals surface area (Å²) in [4.78, 5) is 27.8. The number of carbonyl (C=O) groups is 1. The van der Waals surface area contributed by atoms with Crippen molar-refractivity contribution < 1.29 is 13.9 Å². The van der Waals surface area contributed by atoms with Crippen molar-refractivity contribution in [3.8, 4) is 5.75 Å². The lowest BCUT2D eigenvalue weighted by molar-refractivity contribution is 0.0910. The molecule has 1 aliphatic rings. The van der Waals surface area contributed by atoms with Gasteiger partial charge in [0.1, 0.15) is 11.3 Å². The van der Waals surface area contributed by atoms with Crippen LogP contribution in [-0.2, 0) is 0 Å². The predicted octanol–water partition coefficient (Wildman–Crippen LogP) is 3.99. The van der Waals surface area contributed by atoms with Crippen LogP contribution in [0.25, 0.3) is 11.0 Å². The molecule has 1 N–H and O–H groups in total. The average molecular weight is 421 g/mol. The first-order valence-corrected chi connectivity index (χ1v) is 10.7. The molecular formula is C25H28N2O4. The number of nitrogens with one attached hydrogen (secondary N) is 1. The molecule has 0 saturated carbocycles. The van der Waals surface area contributed by atoms with Gasteiger partial charge in [0.05, 0.1) is 18.5 Å². The first-order chi connectivity index (χ1) is 15.0. The molecule has 31 heavy (non-hydrogen) atoms. The molecule has 3 aromatic rings. The molecule has 2 aromatic carbocycles. The Balaban J connectivity index is 1.56. The lowest BCUT2D eigenvalue weighted by atomic mass is 10.0. The Bertz CT molecular complexity index is 1140. The maximum Gasteiger partial charge on any atom is 0.287 e. The van der Waals surface area contributed by atoms with Gasteiger partial charge in [0.15, 0.2) is 11.2 Å². The number of aryl methyl sites for hydroxylation is 2. The number of ether oxygens (including phenoxy) is 1. The van der Waals surface area contributed by atoms with Crippen molar-refractivity contribution in [3.63, 3.8) is 0 Å². The van der Waals surface area contributed by atoms with Crippen molar-refractivity contribution in [2.75, 3.05) is 26.7 Å². The number of methoxy groups -OCH3 is 1. The maximum absolute atomic E-state index is 12.9. The summed E-state index contributed by atoms with van der Waals surface area (Å²) in [5, 5.41) is 3.48. The van der Waals surface area contributed by atoms with Gasteiger partial charge in [0.25, 0.3) is 5.91 Å². The zero-order chi connectivity index (χ0) is 22.0. The molecule has 1 aromatic heterocycles. The van der Waals surface area contributed by atoms with Gasteiger partial charge in [0.2, 0.25) is 0 Å². The first-order valence-electron chi connectivity index (χ1n) is 10.7. The van der Waals surface area contributed by atoms with E-state index in [1.807, 2.05) is 44.2 Å². The molecule has 0 radical (unpaired) electrons. The molecule has 2 heterocycles. The normalized spacial score (nSPS) is 15.2. The Kier molecular flexibility index (Phi) is 6.09.